The Balaban J connectivity index is 2.60. The normalized spacial score (nSPS) is 13.6. The summed E-state index contributed by atoms with van der Waals surface area (Å²) in [5, 5.41) is 9.32. The van der Waals surface area contributed by atoms with Crippen molar-refractivity contribution in [3.8, 4) is 0 Å². The van der Waals surface area contributed by atoms with Crippen molar-refractivity contribution in [2.45, 2.75) is 30.8 Å². The highest BCUT2D eigenvalue weighted by Crippen LogP contribution is 2.14. The predicted molar refractivity (Wildman–Crippen MR) is 70.2 cm³/mol. The van der Waals surface area contributed by atoms with Crippen molar-refractivity contribution >= 4 is 26.0 Å². The highest BCUT2D eigenvalue weighted by atomic mass is 79.9. The molecule has 0 radical (unpaired) electrons. The molecule has 0 saturated carbocycles. The van der Waals surface area contributed by atoms with Gasteiger partial charge in [-0.3, -0.25) is 0 Å². The van der Waals surface area contributed by atoms with Crippen LogP contribution in [-0.2, 0) is 10.0 Å². The van der Waals surface area contributed by atoms with Gasteiger partial charge in [0, 0.05) is 11.0 Å². The number of hydrogen-bond donors (Lipinski definition) is 2. The summed E-state index contributed by atoms with van der Waals surface area (Å²) < 4.78 is 26.9. The Morgan fingerprint density at radius 1 is 1.35 bits per heavy atom. The molecule has 0 fully saturated rings. The predicted octanol–water partition coefficient (Wildman–Crippen LogP) is 1.89. The topological polar surface area (TPSA) is 66.4 Å². The van der Waals surface area contributed by atoms with E-state index in [4.69, 9.17) is 0 Å². The molecule has 1 aromatic rings. The summed E-state index contributed by atoms with van der Waals surface area (Å²) in [6.45, 7) is 2.10. The third-order valence-corrected chi connectivity index (χ3v) is 4.37. The maximum Gasteiger partial charge on any atom is 0.240 e. The van der Waals surface area contributed by atoms with Crippen LogP contribution in [0.1, 0.15) is 19.8 Å². The van der Waals surface area contributed by atoms with Crippen molar-refractivity contribution in [1.29, 1.82) is 0 Å². The van der Waals surface area contributed by atoms with E-state index in [1.807, 2.05) is 6.92 Å². The van der Waals surface area contributed by atoms with Gasteiger partial charge in [-0.25, -0.2) is 13.1 Å². The average molecular weight is 322 g/mol. The largest absolute Gasteiger partial charge is 0.393 e. The molecule has 17 heavy (non-hydrogen) atoms. The number of benzene rings is 1. The molecule has 1 rings (SSSR count). The molecule has 0 aliphatic rings. The zero-order valence-electron chi connectivity index (χ0n) is 9.56. The van der Waals surface area contributed by atoms with Crippen LogP contribution < -0.4 is 4.72 Å². The number of sulfonamides is 1. The van der Waals surface area contributed by atoms with Gasteiger partial charge >= 0.3 is 0 Å². The number of aliphatic hydroxyl groups is 1. The van der Waals surface area contributed by atoms with E-state index in [9.17, 15) is 13.5 Å². The van der Waals surface area contributed by atoms with Gasteiger partial charge in [0.15, 0.2) is 0 Å². The van der Waals surface area contributed by atoms with E-state index in [1.54, 1.807) is 12.1 Å². The number of nitrogens with one attached hydrogen (secondary N) is 1. The first-order valence-electron chi connectivity index (χ1n) is 5.39. The van der Waals surface area contributed by atoms with Gasteiger partial charge in [0.2, 0.25) is 10.0 Å². The van der Waals surface area contributed by atoms with Gasteiger partial charge in [0.1, 0.15) is 0 Å². The van der Waals surface area contributed by atoms with Crippen molar-refractivity contribution in [3.63, 3.8) is 0 Å². The lowest BCUT2D eigenvalue weighted by molar-refractivity contribution is 0.162. The van der Waals surface area contributed by atoms with Crippen LogP contribution in [0.2, 0.25) is 0 Å². The quantitative estimate of drug-likeness (QED) is 0.840. The lowest BCUT2D eigenvalue weighted by Crippen LogP contribution is -2.27. The van der Waals surface area contributed by atoms with Crippen LogP contribution in [-0.4, -0.2) is 26.2 Å². The average Bonchev–Trinajstić information content (AvgIpc) is 2.29. The van der Waals surface area contributed by atoms with Crippen molar-refractivity contribution in [2.24, 2.45) is 0 Å². The van der Waals surface area contributed by atoms with E-state index in [0.717, 1.165) is 4.47 Å². The van der Waals surface area contributed by atoms with Crippen molar-refractivity contribution in [2.75, 3.05) is 6.54 Å². The molecule has 0 spiro atoms. The van der Waals surface area contributed by atoms with Crippen LogP contribution in [0.3, 0.4) is 0 Å². The molecular weight excluding hydrogens is 306 g/mol. The van der Waals surface area contributed by atoms with Crippen LogP contribution in [0.5, 0.6) is 0 Å². The van der Waals surface area contributed by atoms with Crippen LogP contribution in [0.4, 0.5) is 0 Å². The minimum atomic E-state index is -3.46. The fourth-order valence-corrected chi connectivity index (χ4v) is 2.57. The number of aliphatic hydroxyl groups excluding tert-OH is 1. The van der Waals surface area contributed by atoms with Crippen molar-refractivity contribution < 1.29 is 13.5 Å². The summed E-state index contributed by atoms with van der Waals surface area (Å²) in [6, 6.07) is 6.41. The van der Waals surface area contributed by atoms with E-state index in [0.29, 0.717) is 12.8 Å². The van der Waals surface area contributed by atoms with Gasteiger partial charge in [-0.15, -0.1) is 0 Å². The van der Waals surface area contributed by atoms with Crippen LogP contribution in [0.15, 0.2) is 33.6 Å². The lowest BCUT2D eigenvalue weighted by Gasteiger charge is -2.09. The number of rotatable bonds is 6. The van der Waals surface area contributed by atoms with Crippen molar-refractivity contribution in [3.05, 3.63) is 28.7 Å². The second-order valence-electron chi connectivity index (χ2n) is 3.70. The molecule has 96 valence electrons. The molecular formula is C11H16BrNO3S. The maximum absolute atomic E-state index is 11.8. The molecule has 4 nitrogen and oxygen atoms in total. The molecule has 0 saturated heterocycles. The fraction of sp³-hybridized carbons (Fsp3) is 0.455. The molecule has 1 atom stereocenters. The van der Waals surface area contributed by atoms with Gasteiger partial charge in [-0.2, -0.15) is 0 Å². The van der Waals surface area contributed by atoms with Crippen molar-refractivity contribution in [1.82, 2.24) is 4.72 Å². The third kappa shape index (κ3) is 4.75. The first-order valence-corrected chi connectivity index (χ1v) is 7.66. The SMILES string of the molecule is CCC(O)CCNS(=O)(=O)c1ccc(Br)cc1. The van der Waals surface area contributed by atoms with Gasteiger partial charge in [0.25, 0.3) is 0 Å². The Bertz CT molecular complexity index is 444. The summed E-state index contributed by atoms with van der Waals surface area (Å²) in [4.78, 5) is 0.228. The zero-order chi connectivity index (χ0) is 12.9. The van der Waals surface area contributed by atoms with Gasteiger partial charge in [-0.1, -0.05) is 22.9 Å². The Kier molecular flexibility index (Phi) is 5.58. The van der Waals surface area contributed by atoms with Crippen LogP contribution >= 0.6 is 15.9 Å². The molecule has 0 aliphatic carbocycles. The van der Waals surface area contributed by atoms with E-state index < -0.39 is 16.1 Å². The molecule has 6 heteroatoms. The summed E-state index contributed by atoms with van der Waals surface area (Å²) in [5.74, 6) is 0. The minimum absolute atomic E-state index is 0.228. The standard InChI is InChI=1S/C11H16BrNO3S/c1-2-10(14)7-8-13-17(15,16)11-5-3-9(12)4-6-11/h3-6,10,13-14H,2,7-8H2,1H3. The Hall–Kier alpha value is -0.430. The van der Waals surface area contributed by atoms with E-state index >= 15 is 0 Å². The monoisotopic (exact) mass is 321 g/mol. The third-order valence-electron chi connectivity index (χ3n) is 2.36. The Morgan fingerprint density at radius 3 is 2.47 bits per heavy atom. The minimum Gasteiger partial charge on any atom is -0.393 e. The summed E-state index contributed by atoms with van der Waals surface area (Å²) in [7, 11) is -3.46. The summed E-state index contributed by atoms with van der Waals surface area (Å²) in [6.07, 6.45) is 0.592. The van der Waals surface area contributed by atoms with Crippen LogP contribution in [0, 0.1) is 0 Å². The number of hydrogen-bond acceptors (Lipinski definition) is 3. The molecule has 0 aliphatic heterocycles. The second-order valence-corrected chi connectivity index (χ2v) is 6.39. The maximum atomic E-state index is 11.8. The molecule has 2 N–H and O–H groups in total. The van der Waals surface area contributed by atoms with E-state index in [2.05, 4.69) is 20.7 Å². The smallest absolute Gasteiger partial charge is 0.240 e. The highest BCUT2D eigenvalue weighted by Gasteiger charge is 2.13. The molecule has 0 aromatic heterocycles. The van der Waals surface area contributed by atoms with E-state index in [1.165, 1.54) is 12.1 Å². The molecule has 0 amide bonds. The highest BCUT2D eigenvalue weighted by molar-refractivity contribution is 9.10. The van der Waals surface area contributed by atoms with Crippen LogP contribution in [0.25, 0.3) is 0 Å². The second kappa shape index (κ2) is 6.49. The van der Waals surface area contributed by atoms with Gasteiger partial charge < -0.3 is 5.11 Å². The number of halogens is 1. The molecule has 1 aromatic carbocycles. The van der Waals surface area contributed by atoms with E-state index in [-0.39, 0.29) is 11.4 Å². The lowest BCUT2D eigenvalue weighted by atomic mass is 10.2. The molecule has 0 heterocycles. The molecule has 0 bridgehead atoms. The molecule has 1 unspecified atom stereocenters. The first-order chi connectivity index (χ1) is 7.95. The van der Waals surface area contributed by atoms with Gasteiger partial charge in [0.05, 0.1) is 11.0 Å². The zero-order valence-corrected chi connectivity index (χ0v) is 12.0. The summed E-state index contributed by atoms with van der Waals surface area (Å²) >= 11 is 3.24. The first kappa shape index (κ1) is 14.6. The Morgan fingerprint density at radius 2 is 1.94 bits per heavy atom. The Labute approximate surface area is 110 Å². The summed E-state index contributed by atoms with van der Waals surface area (Å²) in [5.41, 5.74) is 0. The van der Waals surface area contributed by atoms with Gasteiger partial charge in [-0.05, 0) is 37.1 Å². The fourth-order valence-electron chi connectivity index (χ4n) is 1.26.